The summed E-state index contributed by atoms with van der Waals surface area (Å²) in [5, 5.41) is 22.6. The van der Waals surface area contributed by atoms with Crippen LogP contribution in [-0.2, 0) is 11.4 Å². The van der Waals surface area contributed by atoms with Gasteiger partial charge in [0.05, 0.1) is 18.1 Å². The smallest absolute Gasteiger partial charge is 0.292 e. The van der Waals surface area contributed by atoms with Gasteiger partial charge >= 0.3 is 0 Å². The van der Waals surface area contributed by atoms with Gasteiger partial charge in [-0.3, -0.25) is 14.9 Å². The Balaban J connectivity index is 2.98. The van der Waals surface area contributed by atoms with Crippen LogP contribution in [0.15, 0.2) is 18.2 Å². The number of nitrogens with zero attached hydrogens (tertiary/aromatic N) is 2. The minimum absolute atomic E-state index is 0.0349. The molecule has 7 nitrogen and oxygen atoms in total. The van der Waals surface area contributed by atoms with Crippen molar-refractivity contribution in [2.45, 2.75) is 13.5 Å². The summed E-state index contributed by atoms with van der Waals surface area (Å²) in [6.45, 7) is 2.09. The molecule has 0 fully saturated rings. The normalized spacial score (nSPS) is 10.1. The quantitative estimate of drug-likeness (QED) is 0.583. The number of nitro groups is 1. The number of benzene rings is 1. The molecule has 1 rings (SSSR count). The third-order valence-electron chi connectivity index (χ3n) is 2.59. The van der Waals surface area contributed by atoms with Crippen molar-refractivity contribution >= 4 is 17.3 Å². The molecular formula is C12H17N3O4. The number of anilines is 1. The van der Waals surface area contributed by atoms with Gasteiger partial charge in [-0.2, -0.15) is 0 Å². The van der Waals surface area contributed by atoms with Crippen molar-refractivity contribution in [1.82, 2.24) is 5.32 Å². The molecule has 0 heterocycles. The van der Waals surface area contributed by atoms with E-state index in [4.69, 9.17) is 5.11 Å². The van der Waals surface area contributed by atoms with Crippen LogP contribution in [-0.4, -0.2) is 36.1 Å². The van der Waals surface area contributed by atoms with Crippen molar-refractivity contribution < 1.29 is 14.8 Å². The van der Waals surface area contributed by atoms with Gasteiger partial charge < -0.3 is 15.3 Å². The maximum absolute atomic E-state index is 11.5. The Kier molecular flexibility index (Phi) is 5.25. The fourth-order valence-electron chi connectivity index (χ4n) is 1.69. The highest BCUT2D eigenvalue weighted by Crippen LogP contribution is 2.28. The summed E-state index contributed by atoms with van der Waals surface area (Å²) < 4.78 is 0. The molecule has 0 unspecified atom stereocenters. The zero-order valence-electron chi connectivity index (χ0n) is 10.9. The summed E-state index contributed by atoms with van der Waals surface area (Å²) in [6, 6.07) is 4.43. The van der Waals surface area contributed by atoms with E-state index in [0.717, 1.165) is 0 Å². The van der Waals surface area contributed by atoms with E-state index >= 15 is 0 Å². The second-order valence-electron chi connectivity index (χ2n) is 4.05. The Bertz CT molecular complexity index is 476. The van der Waals surface area contributed by atoms with Gasteiger partial charge in [-0.25, -0.2) is 0 Å². The molecule has 0 radical (unpaired) electrons. The zero-order chi connectivity index (χ0) is 14.4. The fraction of sp³-hybridized carbons (Fsp3) is 0.417. The SMILES string of the molecule is CCNC(=O)CN(C)c1ccc(CO)cc1[N+](=O)[O-]. The van der Waals surface area contributed by atoms with E-state index in [1.54, 1.807) is 20.0 Å². The molecule has 1 amide bonds. The lowest BCUT2D eigenvalue weighted by Gasteiger charge is -2.18. The molecule has 0 saturated heterocycles. The molecule has 7 heteroatoms. The number of hydrogen-bond acceptors (Lipinski definition) is 5. The summed E-state index contributed by atoms with van der Waals surface area (Å²) in [5.74, 6) is -0.203. The number of likely N-dealkylation sites (N-methyl/N-ethyl adjacent to an activating group) is 2. The van der Waals surface area contributed by atoms with E-state index in [1.807, 2.05) is 0 Å². The number of carbonyl (C=O) groups is 1. The predicted octanol–water partition coefficient (Wildman–Crippen LogP) is 0.659. The number of nitrogens with one attached hydrogen (secondary N) is 1. The van der Waals surface area contributed by atoms with Crippen LogP contribution in [0.5, 0.6) is 0 Å². The maximum Gasteiger partial charge on any atom is 0.292 e. The van der Waals surface area contributed by atoms with Crippen molar-refractivity contribution in [2.24, 2.45) is 0 Å². The minimum atomic E-state index is -0.525. The molecular weight excluding hydrogens is 250 g/mol. The first kappa shape index (κ1) is 14.9. The molecule has 1 aromatic carbocycles. The van der Waals surface area contributed by atoms with Crippen LogP contribution in [0.2, 0.25) is 0 Å². The molecule has 0 bridgehead atoms. The van der Waals surface area contributed by atoms with Crippen LogP contribution in [0, 0.1) is 10.1 Å². The Morgan fingerprint density at radius 3 is 2.74 bits per heavy atom. The fourth-order valence-corrected chi connectivity index (χ4v) is 1.69. The summed E-state index contributed by atoms with van der Waals surface area (Å²) in [4.78, 5) is 23.5. The highest BCUT2D eigenvalue weighted by molar-refractivity contribution is 5.82. The van der Waals surface area contributed by atoms with Gasteiger partial charge in [0.15, 0.2) is 0 Å². The largest absolute Gasteiger partial charge is 0.392 e. The average molecular weight is 267 g/mol. The number of rotatable bonds is 6. The highest BCUT2D eigenvalue weighted by atomic mass is 16.6. The number of amides is 1. The van der Waals surface area contributed by atoms with Crippen LogP contribution < -0.4 is 10.2 Å². The lowest BCUT2D eigenvalue weighted by Crippen LogP contribution is -2.35. The number of aliphatic hydroxyl groups excluding tert-OH is 1. The topological polar surface area (TPSA) is 95.7 Å². The number of nitro benzene ring substituents is 1. The first-order valence-electron chi connectivity index (χ1n) is 5.85. The number of aliphatic hydroxyl groups is 1. The molecule has 0 spiro atoms. The molecule has 0 aliphatic rings. The van der Waals surface area contributed by atoms with Crippen LogP contribution in [0.3, 0.4) is 0 Å². The molecule has 0 aliphatic carbocycles. The Morgan fingerprint density at radius 2 is 2.21 bits per heavy atom. The Labute approximate surface area is 111 Å². The molecule has 104 valence electrons. The van der Waals surface area contributed by atoms with Crippen LogP contribution in [0.4, 0.5) is 11.4 Å². The highest BCUT2D eigenvalue weighted by Gasteiger charge is 2.19. The van der Waals surface area contributed by atoms with Crippen molar-refractivity contribution in [3.05, 3.63) is 33.9 Å². The average Bonchev–Trinajstić information content (AvgIpc) is 2.38. The lowest BCUT2D eigenvalue weighted by molar-refractivity contribution is -0.384. The first-order chi connectivity index (χ1) is 8.99. The Hall–Kier alpha value is -2.15. The molecule has 1 aromatic rings. The third-order valence-corrected chi connectivity index (χ3v) is 2.59. The van der Waals surface area contributed by atoms with Crippen molar-refractivity contribution in [1.29, 1.82) is 0 Å². The molecule has 0 aliphatic heterocycles. The van der Waals surface area contributed by atoms with Gasteiger partial charge in [-0.1, -0.05) is 6.07 Å². The van der Waals surface area contributed by atoms with E-state index in [2.05, 4.69) is 5.32 Å². The van der Waals surface area contributed by atoms with Gasteiger partial charge in [0.2, 0.25) is 5.91 Å². The standard InChI is InChI=1S/C12H17N3O4/c1-3-13-12(17)7-14(2)10-5-4-9(8-16)6-11(10)15(18)19/h4-6,16H,3,7-8H2,1-2H3,(H,13,17). The Morgan fingerprint density at radius 1 is 1.53 bits per heavy atom. The molecule has 0 saturated carbocycles. The molecule has 0 atom stereocenters. The monoisotopic (exact) mass is 267 g/mol. The second-order valence-corrected chi connectivity index (χ2v) is 4.05. The van der Waals surface area contributed by atoms with Crippen molar-refractivity contribution in [2.75, 3.05) is 25.0 Å². The van der Waals surface area contributed by atoms with E-state index < -0.39 is 4.92 Å². The number of carbonyl (C=O) groups excluding carboxylic acids is 1. The summed E-state index contributed by atoms with van der Waals surface area (Å²) in [7, 11) is 1.61. The van der Waals surface area contributed by atoms with Gasteiger partial charge in [-0.05, 0) is 18.6 Å². The third kappa shape index (κ3) is 3.92. The van der Waals surface area contributed by atoms with E-state index in [1.165, 1.54) is 17.0 Å². The lowest BCUT2D eigenvalue weighted by atomic mass is 10.1. The van der Waals surface area contributed by atoms with Crippen LogP contribution in [0.25, 0.3) is 0 Å². The molecule has 0 aromatic heterocycles. The van der Waals surface area contributed by atoms with E-state index in [9.17, 15) is 14.9 Å². The number of hydrogen-bond donors (Lipinski definition) is 2. The maximum atomic E-state index is 11.5. The predicted molar refractivity (Wildman–Crippen MR) is 71.0 cm³/mol. The van der Waals surface area contributed by atoms with Gasteiger partial charge in [0, 0.05) is 19.7 Å². The van der Waals surface area contributed by atoms with Crippen LogP contribution in [0.1, 0.15) is 12.5 Å². The van der Waals surface area contributed by atoms with Gasteiger partial charge in [0.25, 0.3) is 5.69 Å². The summed E-state index contributed by atoms with van der Waals surface area (Å²) in [5.41, 5.74) is 0.675. The summed E-state index contributed by atoms with van der Waals surface area (Å²) >= 11 is 0. The van der Waals surface area contributed by atoms with Gasteiger partial charge in [0.1, 0.15) is 5.69 Å². The summed E-state index contributed by atoms with van der Waals surface area (Å²) in [6.07, 6.45) is 0. The van der Waals surface area contributed by atoms with Gasteiger partial charge in [-0.15, -0.1) is 0 Å². The zero-order valence-corrected chi connectivity index (χ0v) is 10.9. The minimum Gasteiger partial charge on any atom is -0.392 e. The van der Waals surface area contributed by atoms with E-state index in [0.29, 0.717) is 17.8 Å². The first-order valence-corrected chi connectivity index (χ1v) is 5.85. The van der Waals surface area contributed by atoms with E-state index in [-0.39, 0.29) is 24.7 Å². The van der Waals surface area contributed by atoms with Crippen molar-refractivity contribution in [3.8, 4) is 0 Å². The molecule has 2 N–H and O–H groups in total. The second kappa shape index (κ2) is 6.69. The van der Waals surface area contributed by atoms with Crippen LogP contribution >= 0.6 is 0 Å². The molecule has 19 heavy (non-hydrogen) atoms. The van der Waals surface area contributed by atoms with Crippen molar-refractivity contribution in [3.63, 3.8) is 0 Å².